The zero-order chi connectivity index (χ0) is 18.2. The van der Waals surface area contributed by atoms with Crippen molar-refractivity contribution in [1.29, 1.82) is 0 Å². The largest absolute Gasteiger partial charge is 0.434 e. The first kappa shape index (κ1) is 17.7. The minimum Gasteiger partial charge on any atom is -0.312 e. The molecule has 25 heavy (non-hydrogen) atoms. The van der Waals surface area contributed by atoms with Gasteiger partial charge in [0.2, 0.25) is 11.8 Å². The number of carbonyl (C=O) groups is 2. The highest BCUT2D eigenvalue weighted by atomic mass is 35.5. The summed E-state index contributed by atoms with van der Waals surface area (Å²) in [4.78, 5) is 29.1. The third-order valence-electron chi connectivity index (χ3n) is 3.66. The molecule has 0 radical (unpaired) electrons. The molecular formula is C15H11ClF3N3O2S. The Kier molecular flexibility index (Phi) is 4.70. The van der Waals surface area contributed by atoms with Crippen LogP contribution in [0.1, 0.15) is 12.1 Å². The van der Waals surface area contributed by atoms with Gasteiger partial charge in [0.15, 0.2) is 10.8 Å². The topological polar surface area (TPSA) is 62.3 Å². The van der Waals surface area contributed by atoms with E-state index in [0.717, 1.165) is 5.38 Å². The van der Waals surface area contributed by atoms with Crippen molar-refractivity contribution in [3.8, 4) is 0 Å². The molecule has 132 valence electrons. The first-order chi connectivity index (χ1) is 11.7. The van der Waals surface area contributed by atoms with Crippen LogP contribution in [-0.2, 0) is 15.8 Å². The summed E-state index contributed by atoms with van der Waals surface area (Å²) in [6.45, 7) is 0.143. The number of nitrogens with one attached hydrogen (secondary N) is 1. The van der Waals surface area contributed by atoms with Crippen LogP contribution in [0.2, 0.25) is 5.02 Å². The summed E-state index contributed by atoms with van der Waals surface area (Å²) in [5.41, 5.74) is -0.448. The number of alkyl halides is 3. The van der Waals surface area contributed by atoms with Gasteiger partial charge in [0.05, 0.1) is 5.92 Å². The van der Waals surface area contributed by atoms with Gasteiger partial charge in [0.25, 0.3) is 0 Å². The summed E-state index contributed by atoms with van der Waals surface area (Å²) >= 11 is 6.49. The predicted octanol–water partition coefficient (Wildman–Crippen LogP) is 3.81. The lowest BCUT2D eigenvalue weighted by Gasteiger charge is -2.16. The summed E-state index contributed by atoms with van der Waals surface area (Å²) in [5.74, 6) is -1.44. The smallest absolute Gasteiger partial charge is 0.312 e. The Balaban J connectivity index is 1.66. The van der Waals surface area contributed by atoms with Gasteiger partial charge in [-0.15, -0.1) is 11.3 Å². The van der Waals surface area contributed by atoms with Crippen molar-refractivity contribution in [2.24, 2.45) is 5.92 Å². The predicted molar refractivity (Wildman–Crippen MR) is 87.7 cm³/mol. The molecule has 0 aliphatic carbocycles. The molecule has 1 saturated heterocycles. The number of thiazole rings is 1. The third-order valence-corrected chi connectivity index (χ3v) is 4.67. The summed E-state index contributed by atoms with van der Waals surface area (Å²) in [7, 11) is 0. The first-order valence-electron chi connectivity index (χ1n) is 7.13. The quantitative estimate of drug-likeness (QED) is 0.868. The van der Waals surface area contributed by atoms with Crippen LogP contribution in [0.5, 0.6) is 0 Å². The molecule has 1 N–H and O–H groups in total. The number of amides is 2. The average molecular weight is 390 g/mol. The van der Waals surface area contributed by atoms with Crippen LogP contribution in [0, 0.1) is 5.92 Å². The van der Waals surface area contributed by atoms with Crippen molar-refractivity contribution in [3.63, 3.8) is 0 Å². The molecule has 1 aliphatic heterocycles. The highest BCUT2D eigenvalue weighted by molar-refractivity contribution is 7.13. The Morgan fingerprint density at radius 2 is 2.00 bits per heavy atom. The molecule has 1 aromatic carbocycles. The lowest BCUT2D eigenvalue weighted by molar-refractivity contribution is -0.140. The molecule has 0 spiro atoms. The van der Waals surface area contributed by atoms with Gasteiger partial charge in [-0.1, -0.05) is 11.6 Å². The van der Waals surface area contributed by atoms with E-state index in [0.29, 0.717) is 22.0 Å². The lowest BCUT2D eigenvalue weighted by atomic mass is 10.1. The molecule has 0 bridgehead atoms. The van der Waals surface area contributed by atoms with Gasteiger partial charge >= 0.3 is 6.18 Å². The average Bonchev–Trinajstić information content (AvgIpc) is 3.15. The number of benzene rings is 1. The fraction of sp³-hybridized carbons (Fsp3) is 0.267. The molecule has 1 unspecified atom stereocenters. The maximum atomic E-state index is 12.5. The van der Waals surface area contributed by atoms with E-state index in [9.17, 15) is 22.8 Å². The van der Waals surface area contributed by atoms with Gasteiger partial charge in [-0.05, 0) is 24.3 Å². The SMILES string of the molecule is O=C(Nc1nc(C(F)(F)F)cs1)C1CC(=O)N(c2ccc(Cl)cc2)C1. The molecular weight excluding hydrogens is 379 g/mol. The number of anilines is 2. The van der Waals surface area contributed by atoms with E-state index in [1.165, 1.54) is 4.90 Å². The lowest BCUT2D eigenvalue weighted by Crippen LogP contribution is -2.28. The van der Waals surface area contributed by atoms with Crippen LogP contribution in [0.15, 0.2) is 29.6 Å². The van der Waals surface area contributed by atoms with E-state index < -0.39 is 23.7 Å². The summed E-state index contributed by atoms with van der Waals surface area (Å²) in [6.07, 6.45) is -4.58. The van der Waals surface area contributed by atoms with Crippen molar-refractivity contribution in [2.45, 2.75) is 12.6 Å². The Morgan fingerprint density at radius 1 is 1.32 bits per heavy atom. The molecule has 5 nitrogen and oxygen atoms in total. The van der Waals surface area contributed by atoms with Crippen molar-refractivity contribution < 1.29 is 22.8 Å². The minimum absolute atomic E-state index is 0.0219. The monoisotopic (exact) mass is 389 g/mol. The molecule has 10 heteroatoms. The van der Waals surface area contributed by atoms with Gasteiger partial charge in [0.1, 0.15) is 0 Å². The van der Waals surface area contributed by atoms with Gasteiger partial charge in [-0.2, -0.15) is 13.2 Å². The third kappa shape index (κ3) is 3.93. The first-order valence-corrected chi connectivity index (χ1v) is 8.39. The second-order valence-electron chi connectivity index (χ2n) is 5.41. The number of carbonyl (C=O) groups excluding carboxylic acids is 2. The zero-order valence-corrected chi connectivity index (χ0v) is 14.1. The van der Waals surface area contributed by atoms with Gasteiger partial charge in [-0.3, -0.25) is 9.59 Å². The normalized spacial score (nSPS) is 17.8. The molecule has 1 atom stereocenters. The number of halogens is 4. The number of hydrogen-bond donors (Lipinski definition) is 1. The zero-order valence-electron chi connectivity index (χ0n) is 12.5. The summed E-state index contributed by atoms with van der Waals surface area (Å²) in [6, 6.07) is 6.59. The Morgan fingerprint density at radius 3 is 2.60 bits per heavy atom. The Hall–Kier alpha value is -2.13. The molecule has 1 aliphatic rings. The van der Waals surface area contributed by atoms with Crippen LogP contribution in [0.3, 0.4) is 0 Å². The highest BCUT2D eigenvalue weighted by Crippen LogP contribution is 2.32. The fourth-order valence-corrected chi connectivity index (χ4v) is 3.27. The second-order valence-corrected chi connectivity index (χ2v) is 6.70. The maximum absolute atomic E-state index is 12.5. The number of aromatic nitrogens is 1. The second kappa shape index (κ2) is 6.64. The van der Waals surface area contributed by atoms with Crippen molar-refractivity contribution >= 4 is 45.6 Å². The Bertz CT molecular complexity index is 807. The molecule has 3 rings (SSSR count). The van der Waals surface area contributed by atoms with E-state index >= 15 is 0 Å². The molecule has 2 heterocycles. The summed E-state index contributed by atoms with van der Waals surface area (Å²) in [5, 5.41) is 3.55. The van der Waals surface area contributed by atoms with Crippen LogP contribution in [0.25, 0.3) is 0 Å². The molecule has 1 fully saturated rings. The van der Waals surface area contributed by atoms with Gasteiger partial charge in [-0.25, -0.2) is 4.98 Å². The maximum Gasteiger partial charge on any atom is 0.434 e. The van der Waals surface area contributed by atoms with Gasteiger partial charge < -0.3 is 10.2 Å². The Labute approximate surface area is 149 Å². The molecule has 2 aromatic rings. The van der Waals surface area contributed by atoms with E-state index in [2.05, 4.69) is 10.3 Å². The van der Waals surface area contributed by atoms with Crippen LogP contribution < -0.4 is 10.2 Å². The fourth-order valence-electron chi connectivity index (χ4n) is 2.42. The number of rotatable bonds is 3. The van der Waals surface area contributed by atoms with Crippen molar-refractivity contribution in [2.75, 3.05) is 16.8 Å². The van der Waals surface area contributed by atoms with E-state index in [1.54, 1.807) is 24.3 Å². The van der Waals surface area contributed by atoms with Gasteiger partial charge in [0, 0.05) is 29.1 Å². The van der Waals surface area contributed by atoms with Crippen molar-refractivity contribution in [1.82, 2.24) is 4.98 Å². The standard InChI is InChI=1S/C15H11ClF3N3O2S/c16-9-1-3-10(4-2-9)22-6-8(5-12(22)23)13(24)21-14-20-11(7-25-14)15(17,18)19/h1-4,7-8H,5-6H2,(H,20,21,24). The van der Waals surface area contributed by atoms with Crippen LogP contribution in [0.4, 0.5) is 24.0 Å². The van der Waals surface area contributed by atoms with Crippen LogP contribution >= 0.6 is 22.9 Å². The van der Waals surface area contributed by atoms with Crippen LogP contribution in [-0.4, -0.2) is 23.3 Å². The van der Waals surface area contributed by atoms with Crippen molar-refractivity contribution in [3.05, 3.63) is 40.4 Å². The molecule has 2 amide bonds. The van der Waals surface area contributed by atoms with E-state index in [-0.39, 0.29) is 24.0 Å². The minimum atomic E-state index is -4.56. The highest BCUT2D eigenvalue weighted by Gasteiger charge is 2.37. The number of hydrogen-bond acceptors (Lipinski definition) is 4. The molecule has 0 saturated carbocycles. The summed E-state index contributed by atoms with van der Waals surface area (Å²) < 4.78 is 37.6. The van der Waals surface area contributed by atoms with E-state index in [4.69, 9.17) is 11.6 Å². The number of nitrogens with zero attached hydrogens (tertiary/aromatic N) is 2. The van der Waals surface area contributed by atoms with E-state index in [1.807, 2.05) is 0 Å². The molecule has 1 aromatic heterocycles.